The van der Waals surface area contributed by atoms with E-state index in [1.807, 2.05) is 4.72 Å². The van der Waals surface area contributed by atoms with E-state index in [-0.39, 0.29) is 13.0 Å². The quantitative estimate of drug-likeness (QED) is 0.290. The van der Waals surface area contributed by atoms with Gasteiger partial charge in [-0.2, -0.15) is 8.78 Å². The molecule has 3 N–H and O–H groups in total. The fourth-order valence-electron chi connectivity index (χ4n) is 1.38. The van der Waals surface area contributed by atoms with Crippen molar-refractivity contribution in [2.24, 2.45) is 0 Å². The van der Waals surface area contributed by atoms with E-state index in [0.29, 0.717) is 23.4 Å². The average molecular weight is 482 g/mol. The van der Waals surface area contributed by atoms with Gasteiger partial charge in [-0.25, -0.2) is 43.3 Å². The lowest BCUT2D eigenvalue weighted by Gasteiger charge is -2.19. The van der Waals surface area contributed by atoms with Crippen LogP contribution in [0.15, 0.2) is 0 Å². The Balaban J connectivity index is 5.44. The first-order valence-corrected chi connectivity index (χ1v) is 13.3. The molecule has 0 aliphatic heterocycles. The summed E-state index contributed by atoms with van der Waals surface area (Å²) >= 11 is 0. The molecule has 17 heteroatoms. The van der Waals surface area contributed by atoms with Crippen molar-refractivity contribution >= 4 is 41.1 Å². The average Bonchev–Trinajstić information content (AvgIpc) is 2.53. The second-order valence-electron chi connectivity index (χ2n) is 5.17. The van der Waals surface area contributed by atoms with Gasteiger partial charge < -0.3 is 0 Å². The van der Waals surface area contributed by atoms with Crippen LogP contribution in [0.3, 0.4) is 0 Å². The third kappa shape index (κ3) is 7.21. The number of alkyl halides is 3. The number of nitrogens with one attached hydrogen (secondary N) is 3. The molecule has 0 saturated heterocycles. The highest BCUT2D eigenvalue weighted by Crippen LogP contribution is 2.28. The van der Waals surface area contributed by atoms with E-state index in [1.54, 1.807) is 13.8 Å². The molecular weight excluding hydrogens is 459 g/mol. The summed E-state index contributed by atoms with van der Waals surface area (Å²) in [4.78, 5) is -3.43. The second kappa shape index (κ2) is 10.4. The summed E-state index contributed by atoms with van der Waals surface area (Å²) in [6.07, 6.45) is 1.46. The first-order valence-electron chi connectivity index (χ1n) is 7.58. The summed E-state index contributed by atoms with van der Waals surface area (Å²) in [6.45, 7) is 2.72. The Morgan fingerprint density at radius 2 is 1.41 bits per heavy atom. The standard InChI is InChI=1S/C10H22F3N3O7S4/c1-3-5-7-14-24(17)9(11)25(18,19)16-27(22,23)10(12,13)26(20,21)15-8-6-4-2/h9,14-16H,3-8H2,1-2H3. The zero-order valence-electron chi connectivity index (χ0n) is 14.4. The maximum Gasteiger partial charge on any atom is 0.473 e. The van der Waals surface area contributed by atoms with Crippen molar-refractivity contribution < 1.29 is 42.6 Å². The van der Waals surface area contributed by atoms with Gasteiger partial charge in [-0.3, -0.25) is 0 Å². The van der Waals surface area contributed by atoms with Crippen molar-refractivity contribution in [3.63, 3.8) is 0 Å². The minimum atomic E-state index is -6.44. The molecule has 0 rings (SSSR count). The van der Waals surface area contributed by atoms with Crippen LogP contribution in [-0.4, -0.2) is 52.0 Å². The predicted molar refractivity (Wildman–Crippen MR) is 93.7 cm³/mol. The van der Waals surface area contributed by atoms with Crippen LogP contribution in [-0.2, 0) is 41.1 Å². The van der Waals surface area contributed by atoms with Crippen LogP contribution in [0, 0.1) is 0 Å². The molecule has 0 aliphatic rings. The van der Waals surface area contributed by atoms with E-state index in [9.17, 15) is 42.6 Å². The van der Waals surface area contributed by atoms with Gasteiger partial charge in [0, 0.05) is 13.1 Å². The smallest absolute Gasteiger partial charge is 0.239 e. The number of hydrogen-bond donors (Lipinski definition) is 3. The Morgan fingerprint density at radius 1 is 0.926 bits per heavy atom. The Hall–Kier alpha value is -0.330. The van der Waals surface area contributed by atoms with Crippen LogP contribution in [0.4, 0.5) is 13.2 Å². The molecule has 0 heterocycles. The van der Waals surface area contributed by atoms with E-state index in [0.717, 1.165) is 0 Å². The molecule has 0 aromatic heterocycles. The lowest BCUT2D eigenvalue weighted by Crippen LogP contribution is -2.53. The van der Waals surface area contributed by atoms with Crippen LogP contribution in [0.5, 0.6) is 0 Å². The molecule has 0 amide bonds. The molecule has 0 bridgehead atoms. The van der Waals surface area contributed by atoms with Crippen molar-refractivity contribution in [1.29, 1.82) is 0 Å². The van der Waals surface area contributed by atoms with Crippen molar-refractivity contribution in [3.05, 3.63) is 0 Å². The van der Waals surface area contributed by atoms with E-state index in [4.69, 9.17) is 0 Å². The molecule has 27 heavy (non-hydrogen) atoms. The first-order chi connectivity index (χ1) is 12.2. The molecule has 2 atom stereocenters. The summed E-state index contributed by atoms with van der Waals surface area (Å²) in [5.74, 6) is 0. The third-order valence-corrected chi connectivity index (χ3v) is 10.4. The van der Waals surface area contributed by atoms with E-state index in [1.165, 1.54) is 4.72 Å². The van der Waals surface area contributed by atoms with Crippen LogP contribution < -0.4 is 13.6 Å². The molecule has 0 aromatic rings. The summed E-state index contributed by atoms with van der Waals surface area (Å²) in [5.41, 5.74) is 0. The number of rotatable bonds is 14. The minimum Gasteiger partial charge on any atom is -0.239 e. The molecule has 2 unspecified atom stereocenters. The van der Waals surface area contributed by atoms with E-state index in [2.05, 4.69) is 0 Å². The minimum absolute atomic E-state index is 0.0856. The predicted octanol–water partition coefficient (Wildman–Crippen LogP) is -0.188. The van der Waals surface area contributed by atoms with Gasteiger partial charge in [0.05, 0.1) is 0 Å². The van der Waals surface area contributed by atoms with Gasteiger partial charge in [0.1, 0.15) is 11.0 Å². The normalized spacial score (nSPS) is 16.2. The molecular formula is C10H22F3N3O7S4. The van der Waals surface area contributed by atoms with Gasteiger partial charge in [-0.1, -0.05) is 30.8 Å². The van der Waals surface area contributed by atoms with Gasteiger partial charge in [-0.15, -0.1) is 0 Å². The first kappa shape index (κ1) is 26.7. The Labute approximate surface area is 159 Å². The Bertz CT molecular complexity index is 815. The highest BCUT2D eigenvalue weighted by molar-refractivity contribution is 8.15. The van der Waals surface area contributed by atoms with Crippen molar-refractivity contribution in [3.8, 4) is 0 Å². The van der Waals surface area contributed by atoms with Crippen molar-refractivity contribution in [2.75, 3.05) is 13.1 Å². The Kier molecular flexibility index (Phi) is 10.3. The van der Waals surface area contributed by atoms with Crippen LogP contribution in [0.2, 0.25) is 0 Å². The largest absolute Gasteiger partial charge is 0.473 e. The summed E-state index contributed by atoms with van der Waals surface area (Å²) in [6, 6.07) is 0. The number of sulfonamides is 3. The lowest BCUT2D eigenvalue weighted by atomic mass is 10.3. The van der Waals surface area contributed by atoms with Crippen LogP contribution in [0.1, 0.15) is 39.5 Å². The topological polar surface area (TPSA) is 156 Å². The van der Waals surface area contributed by atoms with Gasteiger partial charge in [0.25, 0.3) is 20.0 Å². The molecule has 0 spiro atoms. The fourth-order valence-corrected chi connectivity index (χ4v) is 7.47. The van der Waals surface area contributed by atoms with Crippen LogP contribution >= 0.6 is 0 Å². The number of unbranched alkanes of at least 4 members (excludes halogenated alkanes) is 2. The fraction of sp³-hybridized carbons (Fsp3) is 1.00. The second-order valence-corrected chi connectivity index (χ2v) is 12.5. The molecule has 10 nitrogen and oxygen atoms in total. The van der Waals surface area contributed by atoms with Crippen LogP contribution in [0.25, 0.3) is 0 Å². The molecule has 0 radical (unpaired) electrons. The highest BCUT2D eigenvalue weighted by Gasteiger charge is 2.59. The summed E-state index contributed by atoms with van der Waals surface area (Å²) in [5, 5.41) is 0. The number of hydrogen-bond acceptors (Lipinski definition) is 7. The monoisotopic (exact) mass is 481 g/mol. The van der Waals surface area contributed by atoms with Gasteiger partial charge in [0.15, 0.2) is 0 Å². The molecule has 164 valence electrons. The summed E-state index contributed by atoms with van der Waals surface area (Å²) in [7, 11) is -21.0. The van der Waals surface area contributed by atoms with Gasteiger partial charge in [-0.05, 0) is 12.8 Å². The molecule has 0 saturated carbocycles. The maximum absolute atomic E-state index is 13.9. The lowest BCUT2D eigenvalue weighted by molar-refractivity contribution is 0.177. The van der Waals surface area contributed by atoms with Crippen molar-refractivity contribution in [2.45, 2.75) is 49.0 Å². The maximum atomic E-state index is 13.9. The van der Waals surface area contributed by atoms with Crippen molar-refractivity contribution in [1.82, 2.24) is 13.6 Å². The van der Waals surface area contributed by atoms with E-state index >= 15 is 0 Å². The summed E-state index contributed by atoms with van der Waals surface area (Å²) < 4.78 is 120. The zero-order valence-corrected chi connectivity index (χ0v) is 17.7. The molecule has 0 aliphatic carbocycles. The van der Waals surface area contributed by atoms with Gasteiger partial charge >= 0.3 is 19.4 Å². The highest BCUT2D eigenvalue weighted by atomic mass is 32.3. The zero-order chi connectivity index (χ0) is 21.5. The number of halogens is 3. The van der Waals surface area contributed by atoms with Gasteiger partial charge in [0.2, 0.25) is 0 Å². The van der Waals surface area contributed by atoms with E-state index < -0.39 is 57.0 Å². The SMILES string of the molecule is CCCCNS(=O)C(F)S(=O)(=O)NS(=O)(=O)C(F)(F)S(=O)(=O)NCCCC. The third-order valence-electron chi connectivity index (χ3n) is 2.86. The molecule has 0 aromatic carbocycles. The Morgan fingerprint density at radius 3 is 1.89 bits per heavy atom. The molecule has 0 fully saturated rings.